The summed E-state index contributed by atoms with van der Waals surface area (Å²) in [6.07, 6.45) is 3.77. The maximum atomic E-state index is 12.0. The number of hydrogen-bond donors (Lipinski definition) is 2. The number of nitrogens with one attached hydrogen (secondary N) is 2. The Labute approximate surface area is 112 Å². The Kier molecular flexibility index (Phi) is 5.54. The van der Waals surface area contributed by atoms with Crippen molar-refractivity contribution in [3.63, 3.8) is 0 Å². The topological polar surface area (TPSA) is 33.3 Å². The van der Waals surface area contributed by atoms with Crippen LogP contribution in [0.15, 0.2) is 24.3 Å². The second-order valence-corrected chi connectivity index (χ2v) is 4.80. The van der Waals surface area contributed by atoms with Gasteiger partial charge in [-0.25, -0.2) is 0 Å². The maximum absolute atomic E-state index is 12.0. The number of halogens is 2. The van der Waals surface area contributed by atoms with Crippen molar-refractivity contribution >= 4 is 0 Å². The van der Waals surface area contributed by atoms with Crippen LogP contribution in [0, 0.1) is 0 Å². The van der Waals surface area contributed by atoms with Crippen molar-refractivity contribution in [3.05, 3.63) is 29.8 Å². The molecule has 2 rings (SSSR count). The molecule has 0 spiro atoms. The molecule has 1 aromatic rings. The number of ether oxygens (including phenoxy) is 1. The van der Waals surface area contributed by atoms with Gasteiger partial charge in [-0.2, -0.15) is 8.78 Å². The van der Waals surface area contributed by atoms with Gasteiger partial charge in [0.15, 0.2) is 0 Å². The zero-order chi connectivity index (χ0) is 13.5. The first-order valence-electron chi connectivity index (χ1n) is 6.72. The standard InChI is InChI=1S/C14H20F2N2O/c15-14(16)19-13-6-4-11(5-7-13)9-17-10-12-3-1-2-8-18-12/h4-7,12,14,17-18H,1-3,8-10H2. The lowest BCUT2D eigenvalue weighted by Crippen LogP contribution is -2.41. The van der Waals surface area contributed by atoms with Crippen molar-refractivity contribution in [1.29, 1.82) is 0 Å². The van der Waals surface area contributed by atoms with Gasteiger partial charge in [-0.3, -0.25) is 0 Å². The molecule has 0 saturated carbocycles. The molecular weight excluding hydrogens is 250 g/mol. The third kappa shape index (κ3) is 5.12. The Hall–Kier alpha value is -1.20. The van der Waals surface area contributed by atoms with E-state index in [9.17, 15) is 8.78 Å². The van der Waals surface area contributed by atoms with Gasteiger partial charge in [-0.05, 0) is 37.1 Å². The first-order valence-corrected chi connectivity index (χ1v) is 6.72. The van der Waals surface area contributed by atoms with Crippen molar-refractivity contribution < 1.29 is 13.5 Å². The van der Waals surface area contributed by atoms with Crippen LogP contribution < -0.4 is 15.4 Å². The Bertz CT molecular complexity index is 364. The molecule has 1 aliphatic heterocycles. The van der Waals surface area contributed by atoms with E-state index in [4.69, 9.17) is 0 Å². The monoisotopic (exact) mass is 270 g/mol. The first-order chi connectivity index (χ1) is 9.24. The molecule has 0 amide bonds. The van der Waals surface area contributed by atoms with Crippen molar-refractivity contribution in [1.82, 2.24) is 10.6 Å². The van der Waals surface area contributed by atoms with Crippen LogP contribution in [0.2, 0.25) is 0 Å². The molecule has 0 aliphatic carbocycles. The fourth-order valence-corrected chi connectivity index (χ4v) is 2.28. The van der Waals surface area contributed by atoms with Crippen LogP contribution >= 0.6 is 0 Å². The molecule has 0 radical (unpaired) electrons. The largest absolute Gasteiger partial charge is 0.435 e. The summed E-state index contributed by atoms with van der Waals surface area (Å²) in [5, 5.41) is 6.85. The summed E-state index contributed by atoms with van der Waals surface area (Å²) in [6.45, 7) is 0.0235. The third-order valence-corrected chi connectivity index (χ3v) is 3.28. The molecule has 0 aromatic heterocycles. The SMILES string of the molecule is FC(F)Oc1ccc(CNCC2CCCCN2)cc1. The van der Waals surface area contributed by atoms with E-state index in [2.05, 4.69) is 15.4 Å². The molecule has 2 N–H and O–H groups in total. The van der Waals surface area contributed by atoms with Gasteiger partial charge in [0.2, 0.25) is 0 Å². The molecule has 19 heavy (non-hydrogen) atoms. The Morgan fingerprint density at radius 2 is 2.05 bits per heavy atom. The number of benzene rings is 1. The molecule has 1 heterocycles. The number of hydrogen-bond acceptors (Lipinski definition) is 3. The van der Waals surface area contributed by atoms with E-state index < -0.39 is 6.61 Å². The van der Waals surface area contributed by atoms with E-state index in [1.807, 2.05) is 0 Å². The van der Waals surface area contributed by atoms with E-state index >= 15 is 0 Å². The fraction of sp³-hybridized carbons (Fsp3) is 0.571. The molecular formula is C14H20F2N2O. The number of rotatable bonds is 6. The molecule has 3 nitrogen and oxygen atoms in total. The third-order valence-electron chi connectivity index (χ3n) is 3.28. The minimum Gasteiger partial charge on any atom is -0.435 e. The second-order valence-electron chi connectivity index (χ2n) is 4.80. The van der Waals surface area contributed by atoms with Gasteiger partial charge in [0.1, 0.15) is 5.75 Å². The highest BCUT2D eigenvalue weighted by Crippen LogP contribution is 2.14. The highest BCUT2D eigenvalue weighted by molar-refractivity contribution is 5.27. The fourth-order valence-electron chi connectivity index (χ4n) is 2.28. The Morgan fingerprint density at radius 1 is 1.26 bits per heavy atom. The molecule has 1 aliphatic rings. The molecule has 1 fully saturated rings. The van der Waals surface area contributed by atoms with Gasteiger partial charge in [0.25, 0.3) is 0 Å². The van der Waals surface area contributed by atoms with Gasteiger partial charge in [0.05, 0.1) is 0 Å². The van der Waals surface area contributed by atoms with Crippen molar-refractivity contribution in [3.8, 4) is 5.75 Å². The first kappa shape index (κ1) is 14.2. The van der Waals surface area contributed by atoms with Crippen LogP contribution in [0.25, 0.3) is 0 Å². The van der Waals surface area contributed by atoms with Gasteiger partial charge in [-0.15, -0.1) is 0 Å². The molecule has 1 atom stereocenters. The van der Waals surface area contributed by atoms with Crippen LogP contribution in [-0.4, -0.2) is 25.7 Å². The average Bonchev–Trinajstić information content (AvgIpc) is 2.41. The van der Waals surface area contributed by atoms with E-state index in [1.54, 1.807) is 24.3 Å². The average molecular weight is 270 g/mol. The molecule has 1 aromatic carbocycles. The van der Waals surface area contributed by atoms with E-state index in [1.165, 1.54) is 19.3 Å². The van der Waals surface area contributed by atoms with Crippen molar-refractivity contribution in [2.75, 3.05) is 13.1 Å². The lowest BCUT2D eigenvalue weighted by atomic mass is 10.1. The predicted molar refractivity (Wildman–Crippen MR) is 70.4 cm³/mol. The van der Waals surface area contributed by atoms with Crippen molar-refractivity contribution in [2.24, 2.45) is 0 Å². The summed E-state index contributed by atoms with van der Waals surface area (Å²) in [4.78, 5) is 0. The summed E-state index contributed by atoms with van der Waals surface area (Å²) in [7, 11) is 0. The minimum absolute atomic E-state index is 0.202. The predicted octanol–water partition coefficient (Wildman–Crippen LogP) is 2.52. The minimum atomic E-state index is -2.76. The zero-order valence-corrected chi connectivity index (χ0v) is 10.9. The summed E-state index contributed by atoms with van der Waals surface area (Å²) >= 11 is 0. The van der Waals surface area contributed by atoms with Gasteiger partial charge >= 0.3 is 6.61 Å². The van der Waals surface area contributed by atoms with Crippen LogP contribution in [0.5, 0.6) is 5.75 Å². The van der Waals surface area contributed by atoms with Crippen LogP contribution in [-0.2, 0) is 6.54 Å². The highest BCUT2D eigenvalue weighted by atomic mass is 19.3. The van der Waals surface area contributed by atoms with Crippen molar-refractivity contribution in [2.45, 2.75) is 38.5 Å². The van der Waals surface area contributed by atoms with Gasteiger partial charge in [0, 0.05) is 19.1 Å². The highest BCUT2D eigenvalue weighted by Gasteiger charge is 2.11. The van der Waals surface area contributed by atoms with E-state index in [0.29, 0.717) is 6.04 Å². The Morgan fingerprint density at radius 3 is 2.68 bits per heavy atom. The maximum Gasteiger partial charge on any atom is 0.387 e. The second kappa shape index (κ2) is 7.40. The van der Waals surface area contributed by atoms with Gasteiger partial charge < -0.3 is 15.4 Å². The molecule has 0 bridgehead atoms. The molecule has 106 valence electrons. The lowest BCUT2D eigenvalue weighted by Gasteiger charge is -2.23. The van der Waals surface area contributed by atoms with E-state index in [0.717, 1.165) is 25.2 Å². The summed E-state index contributed by atoms with van der Waals surface area (Å²) in [6, 6.07) is 7.30. The smallest absolute Gasteiger partial charge is 0.387 e. The number of piperidine rings is 1. The lowest BCUT2D eigenvalue weighted by molar-refractivity contribution is -0.0498. The summed E-state index contributed by atoms with van der Waals surface area (Å²) < 4.78 is 28.3. The van der Waals surface area contributed by atoms with Crippen LogP contribution in [0.4, 0.5) is 8.78 Å². The molecule has 1 unspecified atom stereocenters. The number of alkyl halides is 2. The summed E-state index contributed by atoms with van der Waals surface area (Å²) in [5.41, 5.74) is 1.07. The van der Waals surface area contributed by atoms with Crippen LogP contribution in [0.1, 0.15) is 24.8 Å². The van der Waals surface area contributed by atoms with E-state index in [-0.39, 0.29) is 5.75 Å². The normalized spacial score (nSPS) is 19.6. The summed E-state index contributed by atoms with van der Waals surface area (Å²) in [5.74, 6) is 0.202. The van der Waals surface area contributed by atoms with Gasteiger partial charge in [-0.1, -0.05) is 18.6 Å². The Balaban J connectivity index is 1.70. The van der Waals surface area contributed by atoms with Crippen LogP contribution in [0.3, 0.4) is 0 Å². The molecule has 5 heteroatoms. The quantitative estimate of drug-likeness (QED) is 0.833. The zero-order valence-electron chi connectivity index (χ0n) is 10.9. The molecule has 1 saturated heterocycles.